The average molecular weight is 362 g/mol. The number of hydrogen-bond acceptors (Lipinski definition) is 7. The number of benzene rings is 1. The maximum atomic E-state index is 12.3. The van der Waals surface area contributed by atoms with Crippen LogP contribution in [0.2, 0.25) is 0 Å². The fourth-order valence-corrected chi connectivity index (χ4v) is 3.84. The Kier molecular flexibility index (Phi) is 4.95. The second-order valence-electron chi connectivity index (χ2n) is 5.53. The molecule has 0 fully saturated rings. The van der Waals surface area contributed by atoms with E-state index in [2.05, 4.69) is 20.0 Å². The normalized spacial score (nSPS) is 11.8. The number of sulfonamides is 1. The zero-order valence-electron chi connectivity index (χ0n) is 13.9. The van der Waals surface area contributed by atoms with Crippen molar-refractivity contribution in [1.82, 2.24) is 20.0 Å². The number of aromatic nitrogens is 3. The zero-order chi connectivity index (χ0) is 17.9. The minimum absolute atomic E-state index is 0.0941. The largest absolute Gasteiger partial charge is 0.360 e. The van der Waals surface area contributed by atoms with Crippen molar-refractivity contribution < 1.29 is 17.5 Å². The van der Waals surface area contributed by atoms with Crippen LogP contribution in [-0.4, -0.2) is 30.3 Å². The molecule has 3 rings (SSSR count). The summed E-state index contributed by atoms with van der Waals surface area (Å²) >= 11 is 0. The SMILES string of the molecule is Cc1noc(C)c1S(=O)(=O)NCCCc1nc(-c2ccccc2)no1. The van der Waals surface area contributed by atoms with Crippen LogP contribution in [0.1, 0.15) is 23.8 Å². The van der Waals surface area contributed by atoms with Gasteiger partial charge in [0.05, 0.1) is 0 Å². The Bertz CT molecular complexity index is 928. The Labute approximate surface area is 145 Å². The first-order chi connectivity index (χ1) is 12.0. The fourth-order valence-electron chi connectivity index (χ4n) is 2.44. The van der Waals surface area contributed by atoms with Gasteiger partial charge in [-0.15, -0.1) is 0 Å². The van der Waals surface area contributed by atoms with E-state index in [1.54, 1.807) is 13.8 Å². The first-order valence-electron chi connectivity index (χ1n) is 7.78. The number of aryl methyl sites for hydroxylation is 3. The summed E-state index contributed by atoms with van der Waals surface area (Å²) in [6.45, 7) is 3.40. The minimum Gasteiger partial charge on any atom is -0.360 e. The third-order valence-corrected chi connectivity index (χ3v) is 5.30. The molecule has 0 atom stereocenters. The highest BCUT2D eigenvalue weighted by atomic mass is 32.2. The molecule has 0 aliphatic carbocycles. The molecule has 0 aliphatic rings. The third kappa shape index (κ3) is 3.94. The Hall–Kier alpha value is -2.52. The van der Waals surface area contributed by atoms with Gasteiger partial charge in [-0.05, 0) is 20.3 Å². The van der Waals surface area contributed by atoms with E-state index in [-0.39, 0.29) is 17.2 Å². The lowest BCUT2D eigenvalue weighted by Crippen LogP contribution is -2.26. The molecule has 9 heteroatoms. The van der Waals surface area contributed by atoms with E-state index in [0.29, 0.717) is 30.3 Å². The van der Waals surface area contributed by atoms with Crippen LogP contribution in [0.4, 0.5) is 0 Å². The van der Waals surface area contributed by atoms with Gasteiger partial charge in [0.15, 0.2) is 5.76 Å². The van der Waals surface area contributed by atoms with E-state index < -0.39 is 10.0 Å². The summed E-state index contributed by atoms with van der Waals surface area (Å²) in [5.74, 6) is 1.26. The molecule has 1 aromatic carbocycles. The lowest BCUT2D eigenvalue weighted by atomic mass is 10.2. The van der Waals surface area contributed by atoms with E-state index >= 15 is 0 Å². The molecule has 3 aromatic rings. The fraction of sp³-hybridized carbons (Fsp3) is 0.312. The van der Waals surface area contributed by atoms with Gasteiger partial charge in [0.1, 0.15) is 10.6 Å². The topological polar surface area (TPSA) is 111 Å². The van der Waals surface area contributed by atoms with Crippen LogP contribution in [0.15, 0.2) is 44.3 Å². The molecule has 0 aliphatic heterocycles. The van der Waals surface area contributed by atoms with Crippen molar-refractivity contribution in [2.45, 2.75) is 31.6 Å². The molecule has 2 heterocycles. The highest BCUT2D eigenvalue weighted by Crippen LogP contribution is 2.18. The van der Waals surface area contributed by atoms with Gasteiger partial charge in [-0.2, -0.15) is 4.98 Å². The number of hydrogen-bond donors (Lipinski definition) is 1. The van der Waals surface area contributed by atoms with Crippen molar-refractivity contribution in [3.63, 3.8) is 0 Å². The Morgan fingerprint density at radius 1 is 1.08 bits per heavy atom. The molecule has 0 saturated heterocycles. The Morgan fingerprint density at radius 2 is 1.84 bits per heavy atom. The van der Waals surface area contributed by atoms with Gasteiger partial charge in [0, 0.05) is 18.5 Å². The molecule has 2 aromatic heterocycles. The van der Waals surface area contributed by atoms with Gasteiger partial charge >= 0.3 is 0 Å². The lowest BCUT2D eigenvalue weighted by molar-refractivity contribution is 0.376. The van der Waals surface area contributed by atoms with Crippen molar-refractivity contribution in [2.75, 3.05) is 6.54 Å². The predicted molar refractivity (Wildman–Crippen MR) is 89.2 cm³/mol. The van der Waals surface area contributed by atoms with Crippen LogP contribution in [0, 0.1) is 13.8 Å². The summed E-state index contributed by atoms with van der Waals surface area (Å²) in [5.41, 5.74) is 1.21. The van der Waals surface area contributed by atoms with Gasteiger partial charge in [-0.25, -0.2) is 13.1 Å². The predicted octanol–water partition coefficient (Wildman–Crippen LogP) is 2.25. The van der Waals surface area contributed by atoms with E-state index in [9.17, 15) is 8.42 Å². The van der Waals surface area contributed by atoms with E-state index in [1.165, 1.54) is 0 Å². The first-order valence-corrected chi connectivity index (χ1v) is 9.26. The van der Waals surface area contributed by atoms with Gasteiger partial charge in [0.2, 0.25) is 21.7 Å². The number of nitrogens with one attached hydrogen (secondary N) is 1. The minimum atomic E-state index is -3.64. The smallest absolute Gasteiger partial charge is 0.245 e. The van der Waals surface area contributed by atoms with Crippen molar-refractivity contribution in [2.24, 2.45) is 0 Å². The molecular weight excluding hydrogens is 344 g/mol. The lowest BCUT2D eigenvalue weighted by Gasteiger charge is -2.04. The molecule has 0 unspecified atom stereocenters. The second-order valence-corrected chi connectivity index (χ2v) is 7.24. The summed E-state index contributed by atoms with van der Waals surface area (Å²) in [7, 11) is -3.64. The molecule has 0 spiro atoms. The maximum absolute atomic E-state index is 12.3. The summed E-state index contributed by atoms with van der Waals surface area (Å²) in [5, 5.41) is 7.59. The van der Waals surface area contributed by atoms with Gasteiger partial charge in [-0.3, -0.25) is 0 Å². The van der Waals surface area contributed by atoms with Crippen LogP contribution in [0.5, 0.6) is 0 Å². The average Bonchev–Trinajstić information content (AvgIpc) is 3.19. The van der Waals surface area contributed by atoms with Crippen LogP contribution < -0.4 is 4.72 Å². The zero-order valence-corrected chi connectivity index (χ0v) is 14.7. The van der Waals surface area contributed by atoms with Crippen molar-refractivity contribution in [3.05, 3.63) is 47.7 Å². The third-order valence-electron chi connectivity index (χ3n) is 3.60. The van der Waals surface area contributed by atoms with Gasteiger partial charge < -0.3 is 9.05 Å². The number of nitrogens with zero attached hydrogens (tertiary/aromatic N) is 3. The highest BCUT2D eigenvalue weighted by molar-refractivity contribution is 7.89. The van der Waals surface area contributed by atoms with Crippen LogP contribution >= 0.6 is 0 Å². The molecule has 0 amide bonds. The molecule has 25 heavy (non-hydrogen) atoms. The molecule has 0 saturated carbocycles. The molecule has 0 radical (unpaired) electrons. The molecular formula is C16H18N4O4S. The highest BCUT2D eigenvalue weighted by Gasteiger charge is 2.23. The van der Waals surface area contributed by atoms with Crippen molar-refractivity contribution in [3.8, 4) is 11.4 Å². The quantitative estimate of drug-likeness (QED) is 0.642. The molecule has 1 N–H and O–H groups in total. The van der Waals surface area contributed by atoms with Gasteiger partial charge in [0.25, 0.3) is 0 Å². The van der Waals surface area contributed by atoms with Crippen LogP contribution in [0.3, 0.4) is 0 Å². The molecule has 0 bridgehead atoms. The Morgan fingerprint density at radius 3 is 2.52 bits per heavy atom. The second kappa shape index (κ2) is 7.16. The Balaban J connectivity index is 1.55. The van der Waals surface area contributed by atoms with Crippen LogP contribution in [0.25, 0.3) is 11.4 Å². The summed E-state index contributed by atoms with van der Waals surface area (Å²) in [4.78, 5) is 4.41. The van der Waals surface area contributed by atoms with Crippen molar-refractivity contribution in [1.29, 1.82) is 0 Å². The van der Waals surface area contributed by atoms with Crippen LogP contribution in [-0.2, 0) is 16.4 Å². The standard InChI is InChI=1S/C16H18N4O4S/c1-11-15(12(2)23-19-11)25(21,22)17-10-6-9-14-18-16(20-24-14)13-7-4-3-5-8-13/h3-5,7-8,17H,6,9-10H2,1-2H3. The molecule has 8 nitrogen and oxygen atoms in total. The van der Waals surface area contributed by atoms with E-state index in [0.717, 1.165) is 5.56 Å². The monoisotopic (exact) mass is 362 g/mol. The number of rotatable bonds is 7. The van der Waals surface area contributed by atoms with E-state index in [4.69, 9.17) is 9.05 Å². The first kappa shape index (κ1) is 17.3. The maximum Gasteiger partial charge on any atom is 0.245 e. The van der Waals surface area contributed by atoms with E-state index in [1.807, 2.05) is 30.3 Å². The summed E-state index contributed by atoms with van der Waals surface area (Å²) in [6, 6.07) is 9.50. The molecule has 132 valence electrons. The summed E-state index contributed by atoms with van der Waals surface area (Å²) in [6.07, 6.45) is 1.00. The summed E-state index contributed by atoms with van der Waals surface area (Å²) < 4.78 is 37.2. The van der Waals surface area contributed by atoms with Crippen molar-refractivity contribution >= 4 is 10.0 Å². The van der Waals surface area contributed by atoms with Gasteiger partial charge in [-0.1, -0.05) is 40.6 Å².